The molecule has 0 unspecified atom stereocenters. The summed E-state index contributed by atoms with van der Waals surface area (Å²) in [5.41, 5.74) is 6.27. The van der Waals surface area contributed by atoms with Crippen LogP contribution in [0.25, 0.3) is 0 Å². The Labute approximate surface area is 98.3 Å². The van der Waals surface area contributed by atoms with Gasteiger partial charge in [0, 0.05) is 24.7 Å². The highest BCUT2D eigenvalue weighted by atomic mass is 35.5. The molecule has 0 radical (unpaired) electrons. The first-order valence-corrected chi connectivity index (χ1v) is 5.32. The molecule has 1 rings (SSSR count). The van der Waals surface area contributed by atoms with Crippen molar-refractivity contribution < 1.29 is 0 Å². The van der Waals surface area contributed by atoms with Crippen LogP contribution in [0.3, 0.4) is 0 Å². The number of nitrogens with two attached hydrogens (primary N) is 1. The largest absolute Gasteiger partial charge is 0.329 e. The minimum Gasteiger partial charge on any atom is -0.329 e. The average Bonchev–Trinajstić information content (AvgIpc) is 2.14. The SMILES string of the molecule is NCCNCc1cc(Cl)c(Cl)cc1Cl. The summed E-state index contributed by atoms with van der Waals surface area (Å²) in [5, 5.41) is 4.73. The molecule has 0 aromatic heterocycles. The van der Waals surface area contributed by atoms with Crippen molar-refractivity contribution in [2.45, 2.75) is 6.54 Å². The van der Waals surface area contributed by atoms with Crippen LogP contribution in [0, 0.1) is 0 Å². The summed E-state index contributed by atoms with van der Waals surface area (Å²) in [7, 11) is 0. The summed E-state index contributed by atoms with van der Waals surface area (Å²) in [6.07, 6.45) is 0. The second kappa shape index (κ2) is 5.79. The monoisotopic (exact) mass is 252 g/mol. The zero-order valence-corrected chi connectivity index (χ0v) is 9.76. The van der Waals surface area contributed by atoms with E-state index in [0.29, 0.717) is 28.2 Å². The average molecular weight is 254 g/mol. The predicted octanol–water partition coefficient (Wildman–Crippen LogP) is 2.70. The number of hydrogen-bond acceptors (Lipinski definition) is 2. The van der Waals surface area contributed by atoms with Gasteiger partial charge in [0.15, 0.2) is 0 Å². The van der Waals surface area contributed by atoms with Crippen LogP contribution in [0.4, 0.5) is 0 Å². The van der Waals surface area contributed by atoms with Crippen molar-refractivity contribution in [3.8, 4) is 0 Å². The van der Waals surface area contributed by atoms with Gasteiger partial charge in [-0.3, -0.25) is 0 Å². The highest BCUT2D eigenvalue weighted by Gasteiger charge is 2.04. The minimum absolute atomic E-state index is 0.472. The molecule has 78 valence electrons. The van der Waals surface area contributed by atoms with E-state index in [2.05, 4.69) is 5.32 Å². The summed E-state index contributed by atoms with van der Waals surface area (Å²) in [5.74, 6) is 0. The quantitative estimate of drug-likeness (QED) is 0.640. The van der Waals surface area contributed by atoms with E-state index in [9.17, 15) is 0 Å². The molecule has 0 fully saturated rings. The van der Waals surface area contributed by atoms with Crippen LogP contribution in [-0.2, 0) is 6.54 Å². The Morgan fingerprint density at radius 2 is 1.71 bits per heavy atom. The molecule has 0 aliphatic rings. The molecule has 14 heavy (non-hydrogen) atoms. The van der Waals surface area contributed by atoms with E-state index in [0.717, 1.165) is 12.1 Å². The molecule has 0 saturated heterocycles. The van der Waals surface area contributed by atoms with Gasteiger partial charge in [-0.15, -0.1) is 0 Å². The van der Waals surface area contributed by atoms with Crippen LogP contribution < -0.4 is 11.1 Å². The van der Waals surface area contributed by atoms with Crippen molar-refractivity contribution in [1.29, 1.82) is 0 Å². The third kappa shape index (κ3) is 3.30. The van der Waals surface area contributed by atoms with E-state index in [1.165, 1.54) is 0 Å². The van der Waals surface area contributed by atoms with Crippen LogP contribution >= 0.6 is 34.8 Å². The molecule has 5 heteroatoms. The number of halogens is 3. The van der Waals surface area contributed by atoms with Crippen molar-refractivity contribution in [1.82, 2.24) is 5.32 Å². The van der Waals surface area contributed by atoms with E-state index in [1.54, 1.807) is 12.1 Å². The molecule has 3 N–H and O–H groups in total. The van der Waals surface area contributed by atoms with Crippen molar-refractivity contribution in [3.05, 3.63) is 32.8 Å². The third-order valence-corrected chi connectivity index (χ3v) is 2.80. The smallest absolute Gasteiger partial charge is 0.0607 e. The lowest BCUT2D eigenvalue weighted by Gasteiger charge is -2.07. The normalized spacial score (nSPS) is 10.6. The molecule has 0 bridgehead atoms. The third-order valence-electron chi connectivity index (χ3n) is 1.73. The molecular weight excluding hydrogens is 242 g/mol. The van der Waals surface area contributed by atoms with Crippen molar-refractivity contribution in [2.24, 2.45) is 5.73 Å². The van der Waals surface area contributed by atoms with E-state index in [-0.39, 0.29) is 0 Å². The second-order valence-corrected chi connectivity index (χ2v) is 4.04. The Morgan fingerprint density at radius 3 is 2.36 bits per heavy atom. The fourth-order valence-corrected chi connectivity index (χ4v) is 1.66. The van der Waals surface area contributed by atoms with Gasteiger partial charge >= 0.3 is 0 Å². The molecule has 0 amide bonds. The summed E-state index contributed by atoms with van der Waals surface area (Å²) >= 11 is 17.6. The van der Waals surface area contributed by atoms with Gasteiger partial charge in [0.2, 0.25) is 0 Å². The predicted molar refractivity (Wildman–Crippen MR) is 62.2 cm³/mol. The van der Waals surface area contributed by atoms with Gasteiger partial charge in [-0.1, -0.05) is 34.8 Å². The Hall–Kier alpha value is 0.01000. The maximum Gasteiger partial charge on any atom is 0.0607 e. The van der Waals surface area contributed by atoms with E-state index in [4.69, 9.17) is 40.5 Å². The number of rotatable bonds is 4. The molecule has 0 saturated carbocycles. The maximum atomic E-state index is 5.97. The Kier molecular flexibility index (Phi) is 4.99. The first-order chi connectivity index (χ1) is 6.65. The maximum absolute atomic E-state index is 5.97. The van der Waals surface area contributed by atoms with Crippen molar-refractivity contribution >= 4 is 34.8 Å². The van der Waals surface area contributed by atoms with Gasteiger partial charge in [0.05, 0.1) is 10.0 Å². The fraction of sp³-hybridized carbons (Fsp3) is 0.333. The topological polar surface area (TPSA) is 38.0 Å². The highest BCUT2D eigenvalue weighted by Crippen LogP contribution is 2.28. The number of nitrogens with one attached hydrogen (secondary N) is 1. The summed E-state index contributed by atoms with van der Waals surface area (Å²) in [4.78, 5) is 0. The van der Waals surface area contributed by atoms with Gasteiger partial charge in [0.1, 0.15) is 0 Å². The first-order valence-electron chi connectivity index (χ1n) is 4.19. The number of hydrogen-bond donors (Lipinski definition) is 2. The lowest BCUT2D eigenvalue weighted by Crippen LogP contribution is -2.22. The molecule has 0 aliphatic carbocycles. The molecule has 0 aliphatic heterocycles. The highest BCUT2D eigenvalue weighted by molar-refractivity contribution is 6.43. The van der Waals surface area contributed by atoms with Crippen molar-refractivity contribution in [2.75, 3.05) is 13.1 Å². The fourth-order valence-electron chi connectivity index (χ4n) is 1.02. The van der Waals surface area contributed by atoms with Crippen LogP contribution in [0.5, 0.6) is 0 Å². The zero-order valence-electron chi connectivity index (χ0n) is 7.49. The van der Waals surface area contributed by atoms with Gasteiger partial charge in [0.25, 0.3) is 0 Å². The van der Waals surface area contributed by atoms with Crippen LogP contribution in [0.2, 0.25) is 15.1 Å². The zero-order chi connectivity index (χ0) is 10.6. The van der Waals surface area contributed by atoms with Crippen LogP contribution in [-0.4, -0.2) is 13.1 Å². The molecule has 2 nitrogen and oxygen atoms in total. The molecule has 0 heterocycles. The van der Waals surface area contributed by atoms with Crippen LogP contribution in [0.1, 0.15) is 5.56 Å². The molecular formula is C9H11Cl3N2. The number of benzene rings is 1. The van der Waals surface area contributed by atoms with Crippen molar-refractivity contribution in [3.63, 3.8) is 0 Å². The Balaban J connectivity index is 2.72. The molecule has 0 atom stereocenters. The Bertz CT molecular complexity index is 315. The van der Waals surface area contributed by atoms with E-state index < -0.39 is 0 Å². The Morgan fingerprint density at radius 1 is 1.07 bits per heavy atom. The minimum atomic E-state index is 0.472. The standard InChI is InChI=1S/C9H11Cl3N2/c10-7-4-9(12)8(11)3-6(7)5-14-2-1-13/h3-4,14H,1-2,5,13H2. The van der Waals surface area contributed by atoms with Crippen LogP contribution in [0.15, 0.2) is 12.1 Å². The van der Waals surface area contributed by atoms with E-state index in [1.807, 2.05) is 0 Å². The van der Waals surface area contributed by atoms with Gasteiger partial charge in [-0.05, 0) is 17.7 Å². The van der Waals surface area contributed by atoms with Gasteiger partial charge in [-0.25, -0.2) is 0 Å². The second-order valence-electron chi connectivity index (χ2n) is 2.82. The lowest BCUT2D eigenvalue weighted by molar-refractivity contribution is 0.695. The lowest BCUT2D eigenvalue weighted by atomic mass is 10.2. The summed E-state index contributed by atoms with van der Waals surface area (Å²) < 4.78 is 0. The summed E-state index contributed by atoms with van der Waals surface area (Å²) in [6, 6.07) is 3.40. The molecule has 1 aromatic rings. The van der Waals surface area contributed by atoms with E-state index >= 15 is 0 Å². The first kappa shape index (κ1) is 12.1. The van der Waals surface area contributed by atoms with Gasteiger partial charge < -0.3 is 11.1 Å². The molecule has 1 aromatic carbocycles. The molecule has 0 spiro atoms. The summed E-state index contributed by atoms with van der Waals surface area (Å²) in [6.45, 7) is 1.99. The van der Waals surface area contributed by atoms with Gasteiger partial charge in [-0.2, -0.15) is 0 Å².